The van der Waals surface area contributed by atoms with Crippen LogP contribution < -0.4 is 5.32 Å². The minimum Gasteiger partial charge on any atom is -0.313 e. The van der Waals surface area contributed by atoms with E-state index in [1.165, 1.54) is 16.7 Å². The van der Waals surface area contributed by atoms with Crippen LogP contribution in [-0.4, -0.2) is 12.0 Å². The van der Waals surface area contributed by atoms with Crippen molar-refractivity contribution in [3.8, 4) is 0 Å². The van der Waals surface area contributed by atoms with Crippen LogP contribution in [0.15, 0.2) is 42.6 Å². The smallest absolute Gasteiger partial charge is 0.0373 e. The van der Waals surface area contributed by atoms with Crippen molar-refractivity contribution < 1.29 is 0 Å². The lowest BCUT2D eigenvalue weighted by molar-refractivity contribution is 0.589. The number of rotatable bonds is 5. The summed E-state index contributed by atoms with van der Waals surface area (Å²) in [5, 5.41) is 3.37. The molecule has 2 aromatic rings. The van der Waals surface area contributed by atoms with Gasteiger partial charge in [0, 0.05) is 17.9 Å². The second-order valence-corrected chi connectivity index (χ2v) is 4.95. The summed E-state index contributed by atoms with van der Waals surface area (Å²) < 4.78 is 0. The first-order valence-electron chi connectivity index (χ1n) is 6.90. The third-order valence-electron chi connectivity index (χ3n) is 3.56. The van der Waals surface area contributed by atoms with Crippen molar-refractivity contribution in [2.24, 2.45) is 0 Å². The van der Waals surface area contributed by atoms with E-state index in [-0.39, 0.29) is 0 Å². The molecule has 2 rings (SSSR count). The number of nitrogens with one attached hydrogen (secondary N) is 1. The molecular weight excluding hydrogens is 232 g/mol. The molecule has 19 heavy (non-hydrogen) atoms. The fraction of sp³-hybridized carbons (Fsp3) is 0.353. The van der Waals surface area contributed by atoms with Crippen molar-refractivity contribution in [2.45, 2.75) is 32.7 Å². The quantitative estimate of drug-likeness (QED) is 0.884. The number of nitrogens with zero attached hydrogens (tertiary/aromatic N) is 1. The first-order valence-corrected chi connectivity index (χ1v) is 6.90. The minimum atomic E-state index is 0.320. The van der Waals surface area contributed by atoms with E-state index in [0.717, 1.165) is 18.5 Å². The lowest BCUT2D eigenvalue weighted by Gasteiger charge is -2.16. The Bertz CT molecular complexity index is 500. The highest BCUT2D eigenvalue weighted by Crippen LogP contribution is 2.18. The van der Waals surface area contributed by atoms with Crippen molar-refractivity contribution in [1.29, 1.82) is 0 Å². The minimum absolute atomic E-state index is 0.320. The van der Waals surface area contributed by atoms with Gasteiger partial charge in [0.15, 0.2) is 0 Å². The summed E-state index contributed by atoms with van der Waals surface area (Å²) >= 11 is 0. The fourth-order valence-electron chi connectivity index (χ4n) is 2.22. The second-order valence-electron chi connectivity index (χ2n) is 4.95. The number of hydrogen-bond acceptors (Lipinski definition) is 2. The van der Waals surface area contributed by atoms with Gasteiger partial charge in [0.2, 0.25) is 0 Å². The van der Waals surface area contributed by atoms with E-state index in [1.54, 1.807) is 0 Å². The van der Waals surface area contributed by atoms with Crippen molar-refractivity contribution in [2.75, 3.05) is 7.05 Å². The third kappa shape index (κ3) is 3.65. The molecule has 0 aliphatic carbocycles. The number of pyridine rings is 1. The van der Waals surface area contributed by atoms with Gasteiger partial charge < -0.3 is 5.32 Å². The van der Waals surface area contributed by atoms with Gasteiger partial charge >= 0.3 is 0 Å². The first kappa shape index (κ1) is 13.8. The van der Waals surface area contributed by atoms with Crippen LogP contribution >= 0.6 is 0 Å². The topological polar surface area (TPSA) is 24.9 Å². The maximum absolute atomic E-state index is 4.38. The Morgan fingerprint density at radius 2 is 1.74 bits per heavy atom. The second kappa shape index (κ2) is 6.48. The van der Waals surface area contributed by atoms with Gasteiger partial charge in [0.05, 0.1) is 0 Å². The molecule has 2 nitrogen and oxygen atoms in total. The Balaban J connectivity index is 2.11. The van der Waals surface area contributed by atoms with Crippen LogP contribution in [-0.2, 0) is 12.8 Å². The molecule has 0 fully saturated rings. The number of benzene rings is 1. The van der Waals surface area contributed by atoms with Gasteiger partial charge in [-0.3, -0.25) is 4.98 Å². The van der Waals surface area contributed by atoms with Crippen LogP contribution in [0.5, 0.6) is 0 Å². The van der Waals surface area contributed by atoms with Crippen molar-refractivity contribution >= 4 is 0 Å². The standard InChI is InChI=1S/C17H22N2/c1-4-14-6-8-15(9-7-14)11-17(18-3)16-10-5-13(2)19-12-16/h5-10,12,17-18H,4,11H2,1-3H3. The molecule has 1 N–H and O–H groups in total. The highest BCUT2D eigenvalue weighted by atomic mass is 14.9. The van der Waals surface area contributed by atoms with Gasteiger partial charge in [0.25, 0.3) is 0 Å². The zero-order valence-electron chi connectivity index (χ0n) is 12.0. The van der Waals surface area contributed by atoms with Crippen LogP contribution in [0, 0.1) is 6.92 Å². The predicted octanol–water partition coefficient (Wildman–Crippen LogP) is 3.46. The number of likely N-dealkylation sites (N-methyl/N-ethyl adjacent to an activating group) is 1. The molecular formula is C17H22N2. The molecule has 1 atom stereocenters. The Morgan fingerprint density at radius 1 is 1.05 bits per heavy atom. The molecule has 1 unspecified atom stereocenters. The first-order chi connectivity index (χ1) is 9.22. The maximum Gasteiger partial charge on any atom is 0.0373 e. The normalized spacial score (nSPS) is 12.4. The lowest BCUT2D eigenvalue weighted by atomic mass is 9.99. The molecule has 100 valence electrons. The Morgan fingerprint density at radius 3 is 2.26 bits per heavy atom. The Kier molecular flexibility index (Phi) is 4.69. The molecule has 0 aliphatic rings. The van der Waals surface area contributed by atoms with Crippen LogP contribution in [0.25, 0.3) is 0 Å². The Labute approximate surface area is 115 Å². The lowest BCUT2D eigenvalue weighted by Crippen LogP contribution is -2.19. The summed E-state index contributed by atoms with van der Waals surface area (Å²) in [4.78, 5) is 4.38. The summed E-state index contributed by atoms with van der Waals surface area (Å²) in [6, 6.07) is 13.4. The van der Waals surface area contributed by atoms with Gasteiger partial charge in [-0.2, -0.15) is 0 Å². The van der Waals surface area contributed by atoms with Crippen LogP contribution in [0.4, 0.5) is 0 Å². The van der Waals surface area contributed by atoms with Gasteiger partial charge in [0.1, 0.15) is 0 Å². The van der Waals surface area contributed by atoms with Crippen molar-refractivity contribution in [3.63, 3.8) is 0 Å². The van der Waals surface area contributed by atoms with Gasteiger partial charge in [-0.05, 0) is 49.6 Å². The molecule has 0 saturated carbocycles. The summed E-state index contributed by atoms with van der Waals surface area (Å²) in [7, 11) is 2.00. The number of aryl methyl sites for hydroxylation is 2. The predicted molar refractivity (Wildman–Crippen MR) is 80.3 cm³/mol. The van der Waals surface area contributed by atoms with E-state index in [0.29, 0.717) is 6.04 Å². The largest absolute Gasteiger partial charge is 0.313 e. The molecule has 0 amide bonds. The highest BCUT2D eigenvalue weighted by molar-refractivity contribution is 5.26. The van der Waals surface area contributed by atoms with Crippen LogP contribution in [0.1, 0.15) is 35.3 Å². The molecule has 0 bridgehead atoms. The summed E-state index contributed by atoms with van der Waals surface area (Å²) in [5.74, 6) is 0. The van der Waals surface area contributed by atoms with E-state index < -0.39 is 0 Å². The third-order valence-corrected chi connectivity index (χ3v) is 3.56. The van der Waals surface area contributed by atoms with Gasteiger partial charge in [-0.1, -0.05) is 37.3 Å². The van der Waals surface area contributed by atoms with Gasteiger partial charge in [-0.25, -0.2) is 0 Å². The van der Waals surface area contributed by atoms with Crippen molar-refractivity contribution in [3.05, 3.63) is 65.0 Å². The average molecular weight is 254 g/mol. The molecule has 0 aliphatic heterocycles. The monoisotopic (exact) mass is 254 g/mol. The zero-order chi connectivity index (χ0) is 13.7. The zero-order valence-corrected chi connectivity index (χ0v) is 12.0. The molecule has 0 saturated heterocycles. The van der Waals surface area contributed by atoms with E-state index in [9.17, 15) is 0 Å². The summed E-state index contributed by atoms with van der Waals surface area (Å²) in [6.07, 6.45) is 4.06. The molecule has 0 spiro atoms. The fourth-order valence-corrected chi connectivity index (χ4v) is 2.22. The molecule has 0 radical (unpaired) electrons. The van der Waals surface area contributed by atoms with Crippen LogP contribution in [0.3, 0.4) is 0 Å². The van der Waals surface area contributed by atoms with Crippen LogP contribution in [0.2, 0.25) is 0 Å². The Hall–Kier alpha value is -1.67. The van der Waals surface area contributed by atoms with E-state index in [1.807, 2.05) is 20.2 Å². The maximum atomic E-state index is 4.38. The SMILES string of the molecule is CCc1ccc(CC(NC)c2ccc(C)nc2)cc1. The molecule has 1 aromatic heterocycles. The highest BCUT2D eigenvalue weighted by Gasteiger charge is 2.10. The number of aromatic nitrogens is 1. The molecule has 1 heterocycles. The number of hydrogen-bond donors (Lipinski definition) is 1. The average Bonchev–Trinajstić information content (AvgIpc) is 2.46. The van der Waals surface area contributed by atoms with Gasteiger partial charge in [-0.15, -0.1) is 0 Å². The summed E-state index contributed by atoms with van der Waals surface area (Å²) in [5.41, 5.74) is 5.05. The molecule has 2 heteroatoms. The van der Waals surface area contributed by atoms with E-state index >= 15 is 0 Å². The van der Waals surface area contributed by atoms with E-state index in [2.05, 4.69) is 53.6 Å². The molecule has 1 aromatic carbocycles. The van der Waals surface area contributed by atoms with E-state index in [4.69, 9.17) is 0 Å². The van der Waals surface area contributed by atoms with Crippen molar-refractivity contribution in [1.82, 2.24) is 10.3 Å². The summed E-state index contributed by atoms with van der Waals surface area (Å²) in [6.45, 7) is 4.20.